The number of nitrogens with one attached hydrogen (secondary N) is 1. The van der Waals surface area contributed by atoms with Gasteiger partial charge in [-0.25, -0.2) is 9.59 Å². The van der Waals surface area contributed by atoms with Gasteiger partial charge in [0, 0.05) is 34.5 Å². The predicted octanol–water partition coefficient (Wildman–Crippen LogP) is 3.79. The average Bonchev–Trinajstić information content (AvgIpc) is 2.56. The molecular formula is C19H15NO4. The van der Waals surface area contributed by atoms with E-state index in [1.807, 2.05) is 32.0 Å². The number of fused-ring (bicyclic) bond motifs is 5. The molecule has 0 aliphatic rings. The molecular weight excluding hydrogens is 306 g/mol. The molecule has 2 aromatic heterocycles. The number of benzene rings is 2. The number of rotatable bonds is 2. The van der Waals surface area contributed by atoms with E-state index in [0.29, 0.717) is 16.6 Å². The Morgan fingerprint density at radius 3 is 2.38 bits per heavy atom. The molecule has 4 aromatic rings. The first kappa shape index (κ1) is 14.5. The lowest BCUT2D eigenvalue weighted by Crippen LogP contribution is -2.12. The molecule has 120 valence electrons. The second kappa shape index (κ2) is 5.23. The molecule has 0 radical (unpaired) electrons. The molecule has 0 saturated carbocycles. The summed E-state index contributed by atoms with van der Waals surface area (Å²) in [6.45, 7) is 4.73. The van der Waals surface area contributed by atoms with Crippen molar-refractivity contribution in [3.05, 3.63) is 62.8 Å². The van der Waals surface area contributed by atoms with Gasteiger partial charge in [-0.2, -0.15) is 0 Å². The number of hydrogen-bond donors (Lipinski definition) is 1. The highest BCUT2D eigenvalue weighted by Gasteiger charge is 2.17. The van der Waals surface area contributed by atoms with Crippen LogP contribution in [-0.4, -0.2) is 6.54 Å². The predicted molar refractivity (Wildman–Crippen MR) is 94.9 cm³/mol. The highest BCUT2D eigenvalue weighted by molar-refractivity contribution is 6.17. The molecule has 1 N–H and O–H groups in total. The summed E-state index contributed by atoms with van der Waals surface area (Å²) in [5.74, 6) is 0. The minimum Gasteiger partial charge on any atom is -0.422 e. The van der Waals surface area contributed by atoms with E-state index in [2.05, 4.69) is 5.32 Å². The topological polar surface area (TPSA) is 72.5 Å². The summed E-state index contributed by atoms with van der Waals surface area (Å²) in [6, 6.07) is 10.9. The first-order valence-electron chi connectivity index (χ1n) is 7.77. The summed E-state index contributed by atoms with van der Waals surface area (Å²) in [6.07, 6.45) is 0. The quantitative estimate of drug-likeness (QED) is 0.449. The average molecular weight is 321 g/mol. The van der Waals surface area contributed by atoms with Crippen molar-refractivity contribution in [3.63, 3.8) is 0 Å². The van der Waals surface area contributed by atoms with Crippen LogP contribution in [0.1, 0.15) is 12.5 Å². The zero-order valence-corrected chi connectivity index (χ0v) is 13.3. The van der Waals surface area contributed by atoms with Gasteiger partial charge >= 0.3 is 11.3 Å². The Balaban J connectivity index is 2.31. The van der Waals surface area contributed by atoms with Crippen molar-refractivity contribution >= 4 is 38.4 Å². The second-order valence-corrected chi connectivity index (χ2v) is 5.72. The Kier molecular flexibility index (Phi) is 3.16. The Morgan fingerprint density at radius 2 is 1.62 bits per heavy atom. The zero-order chi connectivity index (χ0) is 16.8. The molecule has 0 amide bonds. The van der Waals surface area contributed by atoms with Crippen molar-refractivity contribution in [1.29, 1.82) is 0 Å². The molecule has 0 saturated heterocycles. The highest BCUT2D eigenvalue weighted by Crippen LogP contribution is 2.31. The third-order valence-electron chi connectivity index (χ3n) is 4.18. The second-order valence-electron chi connectivity index (χ2n) is 5.72. The van der Waals surface area contributed by atoms with E-state index in [9.17, 15) is 9.59 Å². The fourth-order valence-corrected chi connectivity index (χ4v) is 3.11. The van der Waals surface area contributed by atoms with Crippen LogP contribution in [0.2, 0.25) is 0 Å². The molecule has 0 atom stereocenters. The van der Waals surface area contributed by atoms with Crippen LogP contribution in [0.5, 0.6) is 0 Å². The first-order valence-corrected chi connectivity index (χ1v) is 7.77. The van der Waals surface area contributed by atoms with Crippen LogP contribution in [0.4, 0.5) is 5.69 Å². The van der Waals surface area contributed by atoms with Crippen LogP contribution in [0.3, 0.4) is 0 Å². The standard InChI is InChI=1S/C19H15NO4/c1-3-20-13-9-15-12(8-10(13)2)16-11-6-4-5-7-14(11)23-18(21)17(16)19(22)24-15/h4-9,20H,3H2,1-2H3. The minimum atomic E-state index is -0.677. The molecule has 4 rings (SSSR count). The van der Waals surface area contributed by atoms with E-state index in [1.165, 1.54) is 0 Å². The van der Waals surface area contributed by atoms with Gasteiger partial charge in [-0.15, -0.1) is 0 Å². The summed E-state index contributed by atoms with van der Waals surface area (Å²) in [4.78, 5) is 24.6. The molecule has 2 heterocycles. The molecule has 0 fully saturated rings. The van der Waals surface area contributed by atoms with E-state index in [1.54, 1.807) is 18.2 Å². The Bertz CT molecular complexity index is 1220. The molecule has 0 unspecified atom stereocenters. The van der Waals surface area contributed by atoms with Crippen LogP contribution in [0.15, 0.2) is 54.8 Å². The van der Waals surface area contributed by atoms with Gasteiger partial charge in [0.05, 0.1) is 0 Å². The van der Waals surface area contributed by atoms with E-state index in [-0.39, 0.29) is 5.39 Å². The number of para-hydroxylation sites is 1. The van der Waals surface area contributed by atoms with E-state index in [0.717, 1.165) is 28.6 Å². The lowest BCUT2D eigenvalue weighted by Gasteiger charge is -2.10. The first-order chi connectivity index (χ1) is 11.6. The van der Waals surface area contributed by atoms with Crippen LogP contribution in [-0.2, 0) is 0 Å². The molecule has 0 aliphatic carbocycles. The molecule has 0 bridgehead atoms. The molecule has 5 heteroatoms. The van der Waals surface area contributed by atoms with E-state index in [4.69, 9.17) is 8.83 Å². The molecule has 0 aliphatic heterocycles. The SMILES string of the molecule is CCNc1cc2oc(=O)c3c(=O)oc4ccccc4c3c2cc1C. The van der Waals surface area contributed by atoms with Gasteiger partial charge in [-0.05, 0) is 31.5 Å². The third-order valence-corrected chi connectivity index (χ3v) is 4.18. The maximum Gasteiger partial charge on any atom is 0.351 e. The Hall–Kier alpha value is -3.08. The molecule has 0 spiro atoms. The van der Waals surface area contributed by atoms with Gasteiger partial charge < -0.3 is 14.2 Å². The van der Waals surface area contributed by atoms with Gasteiger partial charge in [-0.1, -0.05) is 18.2 Å². The summed E-state index contributed by atoms with van der Waals surface area (Å²) in [5.41, 5.74) is 1.47. The minimum absolute atomic E-state index is 0.0446. The summed E-state index contributed by atoms with van der Waals surface area (Å²) < 4.78 is 10.7. The zero-order valence-electron chi connectivity index (χ0n) is 13.3. The van der Waals surface area contributed by atoms with Crippen molar-refractivity contribution in [2.24, 2.45) is 0 Å². The third kappa shape index (κ3) is 2.01. The van der Waals surface area contributed by atoms with Gasteiger partial charge in [-0.3, -0.25) is 0 Å². The van der Waals surface area contributed by atoms with Gasteiger partial charge in [0.25, 0.3) is 0 Å². The molecule has 24 heavy (non-hydrogen) atoms. The lowest BCUT2D eigenvalue weighted by atomic mass is 10.0. The smallest absolute Gasteiger partial charge is 0.351 e. The van der Waals surface area contributed by atoms with E-state index >= 15 is 0 Å². The van der Waals surface area contributed by atoms with Crippen molar-refractivity contribution in [2.75, 3.05) is 11.9 Å². The van der Waals surface area contributed by atoms with E-state index < -0.39 is 11.3 Å². The maximum absolute atomic E-state index is 12.4. The van der Waals surface area contributed by atoms with Gasteiger partial charge in [0.15, 0.2) is 5.39 Å². The van der Waals surface area contributed by atoms with Crippen molar-refractivity contribution in [1.82, 2.24) is 0 Å². The fraction of sp³-hybridized carbons (Fsp3) is 0.158. The highest BCUT2D eigenvalue weighted by atomic mass is 16.4. The largest absolute Gasteiger partial charge is 0.422 e. The maximum atomic E-state index is 12.4. The molecule has 2 aromatic carbocycles. The van der Waals surface area contributed by atoms with Crippen LogP contribution >= 0.6 is 0 Å². The van der Waals surface area contributed by atoms with Crippen LogP contribution in [0, 0.1) is 6.92 Å². The fourth-order valence-electron chi connectivity index (χ4n) is 3.11. The van der Waals surface area contributed by atoms with Crippen molar-refractivity contribution < 1.29 is 8.83 Å². The number of anilines is 1. The number of hydrogen-bond acceptors (Lipinski definition) is 5. The summed E-state index contributed by atoms with van der Waals surface area (Å²) >= 11 is 0. The Morgan fingerprint density at radius 1 is 0.917 bits per heavy atom. The van der Waals surface area contributed by atoms with Crippen molar-refractivity contribution in [3.8, 4) is 0 Å². The summed E-state index contributed by atoms with van der Waals surface area (Å²) in [5, 5.41) is 5.23. The van der Waals surface area contributed by atoms with Crippen LogP contribution < -0.4 is 16.6 Å². The number of aryl methyl sites for hydroxylation is 1. The Labute approximate surface area is 136 Å². The lowest BCUT2D eigenvalue weighted by molar-refractivity contribution is 0.547. The van der Waals surface area contributed by atoms with Crippen molar-refractivity contribution in [2.45, 2.75) is 13.8 Å². The van der Waals surface area contributed by atoms with Gasteiger partial charge in [0.2, 0.25) is 0 Å². The normalized spacial score (nSPS) is 11.4. The van der Waals surface area contributed by atoms with Crippen LogP contribution in [0.25, 0.3) is 32.7 Å². The molecule has 5 nitrogen and oxygen atoms in total. The summed E-state index contributed by atoms with van der Waals surface area (Å²) in [7, 11) is 0. The monoisotopic (exact) mass is 321 g/mol. The van der Waals surface area contributed by atoms with Gasteiger partial charge in [0.1, 0.15) is 11.2 Å².